The zero-order chi connectivity index (χ0) is 13.4. The molecule has 0 saturated carbocycles. The van der Waals surface area contributed by atoms with E-state index in [9.17, 15) is 14.7 Å². The number of carboxylic acids is 1. The van der Waals surface area contributed by atoms with Gasteiger partial charge in [-0.15, -0.1) is 0 Å². The molecule has 0 aromatic heterocycles. The van der Waals surface area contributed by atoms with E-state index in [1.54, 1.807) is 25.8 Å². The lowest BCUT2D eigenvalue weighted by Gasteiger charge is -2.40. The van der Waals surface area contributed by atoms with Crippen LogP contribution in [0.4, 0.5) is 0 Å². The molecule has 1 fully saturated rings. The van der Waals surface area contributed by atoms with Gasteiger partial charge >= 0.3 is 5.97 Å². The summed E-state index contributed by atoms with van der Waals surface area (Å²) in [6.45, 7) is 7.72. The van der Waals surface area contributed by atoms with Gasteiger partial charge in [-0.2, -0.15) is 0 Å². The summed E-state index contributed by atoms with van der Waals surface area (Å²) in [6.07, 6.45) is 0.731. The van der Waals surface area contributed by atoms with Crippen molar-refractivity contribution in [2.24, 2.45) is 5.41 Å². The number of likely N-dealkylation sites (N-methyl/N-ethyl adjacent to an activating group) is 1. The summed E-state index contributed by atoms with van der Waals surface area (Å²) in [5.41, 5.74) is -1.58. The molecule has 0 aromatic rings. The summed E-state index contributed by atoms with van der Waals surface area (Å²) >= 11 is 0. The highest BCUT2D eigenvalue weighted by atomic mass is 16.4. The number of carboxylic acid groups (broad SMARTS) is 1. The predicted molar refractivity (Wildman–Crippen MR) is 64.7 cm³/mol. The maximum absolute atomic E-state index is 11.8. The van der Waals surface area contributed by atoms with Gasteiger partial charge in [-0.3, -0.25) is 14.9 Å². The Labute approximate surface area is 102 Å². The van der Waals surface area contributed by atoms with E-state index in [0.717, 1.165) is 13.0 Å². The second kappa shape index (κ2) is 4.29. The standard InChI is InChI=1S/C12H22N2O3/c1-11(2,10(16)17)12(3,4)13-8-6-7-14(5)9(8)15/h8,13H,6-7H2,1-5H3,(H,16,17). The quantitative estimate of drug-likeness (QED) is 0.761. The summed E-state index contributed by atoms with van der Waals surface area (Å²) < 4.78 is 0. The maximum atomic E-state index is 11.8. The van der Waals surface area contributed by atoms with E-state index >= 15 is 0 Å². The van der Waals surface area contributed by atoms with Gasteiger partial charge in [-0.1, -0.05) is 0 Å². The molecule has 0 radical (unpaired) electrons. The lowest BCUT2D eigenvalue weighted by molar-refractivity contribution is -0.152. The first-order valence-electron chi connectivity index (χ1n) is 5.85. The summed E-state index contributed by atoms with van der Waals surface area (Å²) in [6, 6.07) is -0.270. The molecule has 5 nitrogen and oxygen atoms in total. The fourth-order valence-corrected chi connectivity index (χ4v) is 1.84. The van der Waals surface area contributed by atoms with E-state index in [1.807, 2.05) is 13.8 Å². The van der Waals surface area contributed by atoms with Crippen LogP contribution in [0.1, 0.15) is 34.1 Å². The zero-order valence-electron chi connectivity index (χ0n) is 11.2. The number of carbonyl (C=O) groups excluding carboxylic acids is 1. The number of rotatable bonds is 4. The van der Waals surface area contributed by atoms with Crippen molar-refractivity contribution in [2.75, 3.05) is 13.6 Å². The van der Waals surface area contributed by atoms with E-state index in [4.69, 9.17) is 0 Å². The van der Waals surface area contributed by atoms with E-state index in [1.165, 1.54) is 0 Å². The van der Waals surface area contributed by atoms with Crippen LogP contribution in [0.25, 0.3) is 0 Å². The lowest BCUT2D eigenvalue weighted by Crippen LogP contribution is -2.59. The molecule has 1 unspecified atom stereocenters. The highest BCUT2D eigenvalue weighted by molar-refractivity contribution is 5.84. The second-order valence-electron chi connectivity index (χ2n) is 5.80. The second-order valence-corrected chi connectivity index (χ2v) is 5.80. The van der Waals surface area contributed by atoms with Crippen LogP contribution in [0.15, 0.2) is 0 Å². The molecule has 0 bridgehead atoms. The Morgan fingerprint density at radius 1 is 1.41 bits per heavy atom. The molecule has 1 amide bonds. The Hall–Kier alpha value is -1.10. The molecule has 17 heavy (non-hydrogen) atoms. The van der Waals surface area contributed by atoms with Crippen molar-refractivity contribution in [1.29, 1.82) is 0 Å². The average molecular weight is 242 g/mol. The molecule has 0 spiro atoms. The molecular formula is C12H22N2O3. The molecular weight excluding hydrogens is 220 g/mol. The van der Waals surface area contributed by atoms with Crippen LogP contribution in [0.2, 0.25) is 0 Å². The molecule has 0 aliphatic carbocycles. The van der Waals surface area contributed by atoms with Crippen molar-refractivity contribution in [1.82, 2.24) is 10.2 Å². The maximum Gasteiger partial charge on any atom is 0.310 e. The normalized spacial score (nSPS) is 22.1. The van der Waals surface area contributed by atoms with Crippen LogP contribution < -0.4 is 5.32 Å². The number of carbonyl (C=O) groups is 2. The minimum atomic E-state index is -0.936. The summed E-state index contributed by atoms with van der Waals surface area (Å²) in [5, 5.41) is 12.4. The van der Waals surface area contributed by atoms with Crippen LogP contribution in [0, 0.1) is 5.41 Å². The van der Waals surface area contributed by atoms with Crippen LogP contribution in [-0.4, -0.2) is 47.1 Å². The highest BCUT2D eigenvalue weighted by Gasteiger charge is 2.46. The molecule has 0 aromatic carbocycles. The fourth-order valence-electron chi connectivity index (χ4n) is 1.84. The minimum Gasteiger partial charge on any atom is -0.481 e. The topological polar surface area (TPSA) is 69.6 Å². The van der Waals surface area contributed by atoms with Gasteiger partial charge in [0.1, 0.15) is 0 Å². The Bertz CT molecular complexity index is 337. The van der Waals surface area contributed by atoms with Crippen LogP contribution >= 0.6 is 0 Å². The number of hydrogen-bond acceptors (Lipinski definition) is 3. The van der Waals surface area contributed by atoms with Gasteiger partial charge in [0.05, 0.1) is 11.5 Å². The molecule has 1 aliphatic heterocycles. The van der Waals surface area contributed by atoms with Gasteiger partial charge in [0, 0.05) is 19.1 Å². The summed E-state index contributed by atoms with van der Waals surface area (Å²) in [5.74, 6) is -0.826. The minimum absolute atomic E-state index is 0.0410. The Balaban J connectivity index is 2.80. The van der Waals surface area contributed by atoms with Gasteiger partial charge in [0.15, 0.2) is 0 Å². The smallest absolute Gasteiger partial charge is 0.310 e. The van der Waals surface area contributed by atoms with E-state index in [0.29, 0.717) is 0 Å². The largest absolute Gasteiger partial charge is 0.481 e. The first-order chi connectivity index (χ1) is 7.59. The monoisotopic (exact) mass is 242 g/mol. The average Bonchev–Trinajstić information content (AvgIpc) is 2.48. The van der Waals surface area contributed by atoms with E-state index < -0.39 is 16.9 Å². The fraction of sp³-hybridized carbons (Fsp3) is 0.833. The van der Waals surface area contributed by atoms with Crippen LogP contribution in [-0.2, 0) is 9.59 Å². The molecule has 1 aliphatic rings. The Kier molecular flexibility index (Phi) is 3.52. The molecule has 1 heterocycles. The number of nitrogens with zero attached hydrogens (tertiary/aromatic N) is 1. The van der Waals surface area contributed by atoms with E-state index in [2.05, 4.69) is 5.32 Å². The zero-order valence-corrected chi connectivity index (χ0v) is 11.2. The third kappa shape index (κ3) is 2.44. The number of hydrogen-bond donors (Lipinski definition) is 2. The third-order valence-corrected chi connectivity index (χ3v) is 4.06. The van der Waals surface area contributed by atoms with Gasteiger partial charge in [0.25, 0.3) is 0 Å². The third-order valence-electron chi connectivity index (χ3n) is 4.06. The molecule has 1 rings (SSSR count). The van der Waals surface area contributed by atoms with Crippen molar-refractivity contribution in [3.05, 3.63) is 0 Å². The summed E-state index contributed by atoms with van der Waals surface area (Å²) in [4.78, 5) is 24.7. The number of aliphatic carboxylic acids is 1. The first kappa shape index (κ1) is 14.0. The summed E-state index contributed by atoms with van der Waals surface area (Å²) in [7, 11) is 1.76. The molecule has 2 N–H and O–H groups in total. The lowest BCUT2D eigenvalue weighted by atomic mass is 9.74. The van der Waals surface area contributed by atoms with E-state index in [-0.39, 0.29) is 11.9 Å². The highest BCUT2D eigenvalue weighted by Crippen LogP contribution is 2.32. The van der Waals surface area contributed by atoms with Crippen molar-refractivity contribution < 1.29 is 14.7 Å². The molecule has 1 saturated heterocycles. The van der Waals surface area contributed by atoms with Crippen LogP contribution in [0.5, 0.6) is 0 Å². The SMILES string of the molecule is CN1CCC(NC(C)(C)C(C)(C)C(=O)O)C1=O. The van der Waals surface area contributed by atoms with Gasteiger partial charge in [-0.25, -0.2) is 0 Å². The number of likely N-dealkylation sites (tertiary alicyclic amines) is 1. The van der Waals surface area contributed by atoms with Crippen molar-refractivity contribution >= 4 is 11.9 Å². The van der Waals surface area contributed by atoms with Gasteiger partial charge in [-0.05, 0) is 34.1 Å². The number of nitrogens with one attached hydrogen (secondary N) is 1. The predicted octanol–water partition coefficient (Wildman–Crippen LogP) is 0.696. The molecule has 98 valence electrons. The van der Waals surface area contributed by atoms with Crippen molar-refractivity contribution in [2.45, 2.75) is 45.7 Å². The number of amides is 1. The Morgan fingerprint density at radius 3 is 2.29 bits per heavy atom. The van der Waals surface area contributed by atoms with Crippen LogP contribution in [0.3, 0.4) is 0 Å². The van der Waals surface area contributed by atoms with Gasteiger partial charge < -0.3 is 10.0 Å². The van der Waals surface area contributed by atoms with Crippen molar-refractivity contribution in [3.63, 3.8) is 0 Å². The first-order valence-corrected chi connectivity index (χ1v) is 5.85. The van der Waals surface area contributed by atoms with Crippen molar-refractivity contribution in [3.8, 4) is 0 Å². The Morgan fingerprint density at radius 2 is 1.94 bits per heavy atom. The molecule has 1 atom stereocenters. The van der Waals surface area contributed by atoms with Gasteiger partial charge in [0.2, 0.25) is 5.91 Å². The molecule has 5 heteroatoms.